The van der Waals surface area contributed by atoms with Crippen LogP contribution in [-0.4, -0.2) is 5.11 Å². The zero-order valence-corrected chi connectivity index (χ0v) is 6.40. The normalized spacial score (nSPS) is 8.00. The Morgan fingerprint density at radius 3 is 2.11 bits per heavy atom. The van der Waals surface area contributed by atoms with Crippen LogP contribution in [0, 0.1) is 0 Å². The predicted molar refractivity (Wildman–Crippen MR) is 32.5 cm³/mol. The Bertz CT molecular complexity index is 169. The van der Waals surface area contributed by atoms with E-state index in [9.17, 15) is 0 Å². The smallest absolute Gasteiger partial charge is 0.138 e. The van der Waals surface area contributed by atoms with Crippen molar-refractivity contribution in [3.63, 3.8) is 0 Å². The Labute approximate surface area is 68.6 Å². The molecule has 0 atom stereocenters. The maximum absolute atomic E-state index is 8.79. The average Bonchev–Trinajstić information content (AvgIpc) is 1.77. The fourth-order valence-electron chi connectivity index (χ4n) is 0.488. The molecule has 0 unspecified atom stereocenters. The zero-order chi connectivity index (χ0) is 5.98. The summed E-state index contributed by atoms with van der Waals surface area (Å²) in [6.07, 6.45) is 0. The third-order valence-electron chi connectivity index (χ3n) is 0.937. The number of para-hydroxylation sites is 2. The van der Waals surface area contributed by atoms with Gasteiger partial charge in [-0.1, -0.05) is 12.1 Å². The van der Waals surface area contributed by atoms with E-state index < -0.39 is 0 Å². The van der Waals surface area contributed by atoms with E-state index in [1.165, 1.54) is 0 Å². The predicted octanol–water partition coefficient (Wildman–Crippen LogP) is 0.972. The summed E-state index contributed by atoms with van der Waals surface area (Å²) in [7, 11) is 0. The zero-order valence-electron chi connectivity index (χ0n) is 4.83. The van der Waals surface area contributed by atoms with Crippen LogP contribution in [-0.2, 0) is 21.7 Å². The Balaban J connectivity index is 0.000000640. The standard InChI is InChI=1S/C6H7NO.Ti/c7-5-3-1-2-4-6(5)8;/h1-4,8H,7H2;. The van der Waals surface area contributed by atoms with Gasteiger partial charge in [0.25, 0.3) is 0 Å². The fourth-order valence-corrected chi connectivity index (χ4v) is 0.488. The minimum absolute atomic E-state index is 0. The molecule has 0 fully saturated rings. The van der Waals surface area contributed by atoms with Crippen molar-refractivity contribution in [3.05, 3.63) is 24.3 Å². The molecule has 1 rings (SSSR count). The van der Waals surface area contributed by atoms with Gasteiger partial charge in [0.2, 0.25) is 0 Å². The number of anilines is 1. The van der Waals surface area contributed by atoms with E-state index in [1.54, 1.807) is 24.3 Å². The van der Waals surface area contributed by atoms with Crippen molar-refractivity contribution in [2.75, 3.05) is 5.73 Å². The minimum atomic E-state index is 0. The van der Waals surface area contributed by atoms with Crippen molar-refractivity contribution in [2.24, 2.45) is 0 Å². The number of rotatable bonds is 0. The van der Waals surface area contributed by atoms with Gasteiger partial charge in [0, 0.05) is 21.7 Å². The molecule has 0 aliphatic heterocycles. The SMILES string of the molecule is Nc1ccccc1O.[Ti]. The number of benzene rings is 1. The molecule has 1 aromatic carbocycles. The summed E-state index contributed by atoms with van der Waals surface area (Å²) in [6.45, 7) is 0. The third kappa shape index (κ3) is 2.08. The second-order valence-corrected chi connectivity index (χ2v) is 1.56. The molecule has 9 heavy (non-hydrogen) atoms. The van der Waals surface area contributed by atoms with Crippen molar-refractivity contribution >= 4 is 5.69 Å². The number of hydrogen-bond acceptors (Lipinski definition) is 2. The summed E-state index contributed by atoms with van der Waals surface area (Å²) in [5, 5.41) is 8.79. The minimum Gasteiger partial charge on any atom is -0.506 e. The van der Waals surface area contributed by atoms with Gasteiger partial charge in [0.05, 0.1) is 5.69 Å². The van der Waals surface area contributed by atoms with Crippen LogP contribution in [0.1, 0.15) is 0 Å². The molecule has 0 saturated carbocycles. The quantitative estimate of drug-likeness (QED) is 0.335. The van der Waals surface area contributed by atoms with Gasteiger partial charge in [-0.25, -0.2) is 0 Å². The van der Waals surface area contributed by atoms with E-state index in [1.807, 2.05) is 0 Å². The molecule has 0 aliphatic carbocycles. The molecule has 3 N–H and O–H groups in total. The first-order valence-corrected chi connectivity index (χ1v) is 2.34. The van der Waals surface area contributed by atoms with E-state index >= 15 is 0 Å². The molecule has 0 aromatic heterocycles. The van der Waals surface area contributed by atoms with Crippen molar-refractivity contribution in [2.45, 2.75) is 0 Å². The number of phenolic OH excluding ortho intramolecular Hbond substituents is 1. The Morgan fingerprint density at radius 2 is 1.78 bits per heavy atom. The molecule has 0 spiro atoms. The molecule has 0 bridgehead atoms. The molecule has 0 heterocycles. The number of nitrogen functional groups attached to an aromatic ring is 1. The number of nitrogens with two attached hydrogens (primary N) is 1. The van der Waals surface area contributed by atoms with Gasteiger partial charge in [0.1, 0.15) is 5.75 Å². The summed E-state index contributed by atoms with van der Waals surface area (Å²) >= 11 is 0. The van der Waals surface area contributed by atoms with E-state index in [0.29, 0.717) is 5.69 Å². The van der Waals surface area contributed by atoms with E-state index in [2.05, 4.69) is 0 Å². The van der Waals surface area contributed by atoms with Gasteiger partial charge in [-0.3, -0.25) is 0 Å². The van der Waals surface area contributed by atoms with Gasteiger partial charge in [-0.05, 0) is 12.1 Å². The second-order valence-electron chi connectivity index (χ2n) is 1.56. The Morgan fingerprint density at radius 1 is 1.22 bits per heavy atom. The van der Waals surface area contributed by atoms with E-state index in [-0.39, 0.29) is 27.5 Å². The van der Waals surface area contributed by atoms with Gasteiger partial charge in [0.15, 0.2) is 0 Å². The maximum Gasteiger partial charge on any atom is 0.138 e. The van der Waals surface area contributed by atoms with Gasteiger partial charge in [-0.15, -0.1) is 0 Å². The summed E-state index contributed by atoms with van der Waals surface area (Å²) in [4.78, 5) is 0. The van der Waals surface area contributed by atoms with Crippen molar-refractivity contribution < 1.29 is 26.8 Å². The Kier molecular flexibility index (Phi) is 3.36. The van der Waals surface area contributed by atoms with Gasteiger partial charge in [-0.2, -0.15) is 0 Å². The van der Waals surface area contributed by atoms with Gasteiger partial charge < -0.3 is 10.8 Å². The Hall–Kier alpha value is -0.466. The fraction of sp³-hybridized carbons (Fsp3) is 0. The molecular formula is C6H7NOTi. The molecule has 46 valence electrons. The van der Waals surface area contributed by atoms with Gasteiger partial charge >= 0.3 is 0 Å². The van der Waals surface area contributed by atoms with E-state index in [4.69, 9.17) is 10.8 Å². The van der Waals surface area contributed by atoms with Crippen LogP contribution < -0.4 is 5.73 Å². The van der Waals surface area contributed by atoms with Crippen molar-refractivity contribution in [1.29, 1.82) is 0 Å². The molecule has 0 saturated heterocycles. The van der Waals surface area contributed by atoms with Crippen LogP contribution in [0.4, 0.5) is 5.69 Å². The maximum atomic E-state index is 8.79. The van der Waals surface area contributed by atoms with Crippen LogP contribution in [0.5, 0.6) is 5.75 Å². The summed E-state index contributed by atoms with van der Waals surface area (Å²) < 4.78 is 0. The first-order chi connectivity index (χ1) is 3.80. The largest absolute Gasteiger partial charge is 0.506 e. The summed E-state index contributed by atoms with van der Waals surface area (Å²) in [5.41, 5.74) is 5.69. The molecule has 1 aromatic rings. The first kappa shape index (κ1) is 8.53. The van der Waals surface area contributed by atoms with Crippen LogP contribution >= 0.6 is 0 Å². The molecule has 3 heteroatoms. The number of hydrogen-bond donors (Lipinski definition) is 2. The molecule has 2 nitrogen and oxygen atoms in total. The molecule has 0 aliphatic rings. The number of aromatic hydroxyl groups is 1. The summed E-state index contributed by atoms with van der Waals surface area (Å²) in [6, 6.07) is 6.70. The van der Waals surface area contributed by atoms with E-state index in [0.717, 1.165) is 0 Å². The molecular weight excluding hydrogens is 150 g/mol. The number of phenols is 1. The molecule has 0 amide bonds. The van der Waals surface area contributed by atoms with Crippen molar-refractivity contribution in [3.8, 4) is 5.75 Å². The molecule has 0 radical (unpaired) electrons. The van der Waals surface area contributed by atoms with Crippen LogP contribution in [0.3, 0.4) is 0 Å². The second kappa shape index (κ2) is 3.54. The summed E-state index contributed by atoms with van der Waals surface area (Å²) in [5.74, 6) is 0.146. The average molecular weight is 157 g/mol. The topological polar surface area (TPSA) is 46.2 Å². The third-order valence-corrected chi connectivity index (χ3v) is 0.937. The van der Waals surface area contributed by atoms with Crippen LogP contribution in [0.25, 0.3) is 0 Å². The van der Waals surface area contributed by atoms with Crippen LogP contribution in [0.2, 0.25) is 0 Å². The van der Waals surface area contributed by atoms with Crippen molar-refractivity contribution in [1.82, 2.24) is 0 Å². The monoisotopic (exact) mass is 157 g/mol. The first-order valence-electron chi connectivity index (χ1n) is 2.34. The van der Waals surface area contributed by atoms with Crippen LogP contribution in [0.15, 0.2) is 24.3 Å².